The van der Waals surface area contributed by atoms with E-state index in [-0.39, 0.29) is 12.0 Å². The highest BCUT2D eigenvalue weighted by Crippen LogP contribution is 2.28. The molecule has 3 aromatic rings. The third-order valence-electron chi connectivity index (χ3n) is 7.42. The largest absolute Gasteiger partial charge is 0.467 e. The van der Waals surface area contributed by atoms with Gasteiger partial charge in [0.1, 0.15) is 11.9 Å². The molecule has 5 rings (SSSR count). The fourth-order valence-electron chi connectivity index (χ4n) is 5.11. The van der Waals surface area contributed by atoms with Crippen molar-refractivity contribution >= 4 is 23.8 Å². The molecule has 3 N–H and O–H groups in total. The maximum absolute atomic E-state index is 13.2. The molecule has 39 heavy (non-hydrogen) atoms. The first-order valence-electron chi connectivity index (χ1n) is 13.3. The maximum Gasteiger partial charge on any atom is 0.328 e. The molecule has 0 bridgehead atoms. The van der Waals surface area contributed by atoms with E-state index in [2.05, 4.69) is 50.3 Å². The summed E-state index contributed by atoms with van der Waals surface area (Å²) in [4.78, 5) is 40.9. The zero-order valence-electron chi connectivity index (χ0n) is 22.5. The van der Waals surface area contributed by atoms with Crippen molar-refractivity contribution < 1.29 is 14.3 Å². The minimum atomic E-state index is -0.769. The first-order chi connectivity index (χ1) is 18.9. The number of carbonyl (C=O) groups excluding carboxylic acids is 2. The van der Waals surface area contributed by atoms with Gasteiger partial charge in [0.15, 0.2) is 0 Å². The summed E-state index contributed by atoms with van der Waals surface area (Å²) >= 11 is 0. The van der Waals surface area contributed by atoms with Crippen molar-refractivity contribution in [3.05, 3.63) is 71.3 Å². The molecule has 0 unspecified atom stereocenters. The molecule has 10 heteroatoms. The standard InChI is InChI=1S/C29H35N7O3/c1-34-12-14-35(15-13-34)26-18-24(31-28(30)33-26)22-9-8-21-10-11-36(19-23(21)17-22)29(38)32-25(27(37)39-2)16-20-6-4-3-5-7-20/h3-9,17-18,25H,10-16,19H2,1-2H3,(H,32,38)(H2,30,31,33)/t25-/m1/s1. The number of benzene rings is 2. The van der Waals surface area contributed by atoms with Crippen LogP contribution in [-0.4, -0.2) is 84.7 Å². The number of fused-ring (bicyclic) bond motifs is 1. The average molecular weight is 530 g/mol. The van der Waals surface area contributed by atoms with Gasteiger partial charge >= 0.3 is 12.0 Å². The van der Waals surface area contributed by atoms with E-state index < -0.39 is 12.0 Å². The first-order valence-corrected chi connectivity index (χ1v) is 13.3. The Morgan fingerprint density at radius 1 is 1.00 bits per heavy atom. The molecule has 1 saturated heterocycles. The molecule has 0 radical (unpaired) electrons. The SMILES string of the molecule is COC(=O)[C@@H](Cc1ccccc1)NC(=O)N1CCc2ccc(-c3cc(N4CCN(C)CC4)nc(N)n3)cc2C1. The number of methoxy groups -OCH3 is 1. The second-order valence-electron chi connectivity index (χ2n) is 10.1. The van der Waals surface area contributed by atoms with E-state index in [0.717, 1.165) is 60.8 Å². The summed E-state index contributed by atoms with van der Waals surface area (Å²) in [6.07, 6.45) is 1.08. The highest BCUT2D eigenvalue weighted by Gasteiger charge is 2.27. The van der Waals surface area contributed by atoms with Crippen LogP contribution in [-0.2, 0) is 28.9 Å². The van der Waals surface area contributed by atoms with Crippen LogP contribution in [0.15, 0.2) is 54.6 Å². The molecular formula is C29H35N7O3. The average Bonchev–Trinajstić information content (AvgIpc) is 2.96. The molecule has 0 saturated carbocycles. The third-order valence-corrected chi connectivity index (χ3v) is 7.42. The van der Waals surface area contributed by atoms with Crippen molar-refractivity contribution in [2.75, 3.05) is 57.5 Å². The number of anilines is 2. The van der Waals surface area contributed by atoms with Crippen LogP contribution in [0, 0.1) is 0 Å². The molecule has 10 nitrogen and oxygen atoms in total. The lowest BCUT2D eigenvalue weighted by Gasteiger charge is -2.33. The number of urea groups is 1. The van der Waals surface area contributed by atoms with E-state index in [1.54, 1.807) is 4.90 Å². The van der Waals surface area contributed by atoms with E-state index in [9.17, 15) is 9.59 Å². The zero-order valence-corrected chi connectivity index (χ0v) is 22.5. The highest BCUT2D eigenvalue weighted by molar-refractivity contribution is 5.84. The van der Waals surface area contributed by atoms with E-state index in [1.807, 2.05) is 36.4 Å². The monoisotopic (exact) mass is 529 g/mol. The first kappa shape index (κ1) is 26.4. The van der Waals surface area contributed by atoms with E-state index >= 15 is 0 Å². The fourth-order valence-corrected chi connectivity index (χ4v) is 5.11. The van der Waals surface area contributed by atoms with E-state index in [1.165, 1.54) is 12.7 Å². The predicted molar refractivity (Wildman–Crippen MR) is 150 cm³/mol. The Labute approximate surface area is 228 Å². The molecular weight excluding hydrogens is 494 g/mol. The second kappa shape index (κ2) is 11.7. The molecule has 1 aromatic heterocycles. The lowest BCUT2D eigenvalue weighted by molar-refractivity contribution is -0.142. The van der Waals surface area contributed by atoms with Crippen molar-refractivity contribution in [1.82, 2.24) is 25.1 Å². The van der Waals surface area contributed by atoms with Gasteiger partial charge in [-0.15, -0.1) is 0 Å². The zero-order chi connectivity index (χ0) is 27.4. The van der Waals surface area contributed by atoms with Gasteiger partial charge in [0.2, 0.25) is 5.95 Å². The van der Waals surface area contributed by atoms with Gasteiger partial charge in [-0.2, -0.15) is 4.98 Å². The number of nitrogen functional groups attached to an aromatic ring is 1. The lowest BCUT2D eigenvalue weighted by Crippen LogP contribution is -2.50. The molecule has 1 fully saturated rings. The number of piperazine rings is 1. The lowest BCUT2D eigenvalue weighted by atomic mass is 9.96. The van der Waals surface area contributed by atoms with Crippen LogP contribution >= 0.6 is 0 Å². The number of esters is 1. The van der Waals surface area contributed by atoms with Crippen molar-refractivity contribution in [2.45, 2.75) is 25.4 Å². The summed E-state index contributed by atoms with van der Waals surface area (Å²) in [7, 11) is 3.45. The molecule has 3 heterocycles. The van der Waals surface area contributed by atoms with Gasteiger partial charge in [0.25, 0.3) is 0 Å². The highest BCUT2D eigenvalue weighted by atomic mass is 16.5. The third kappa shape index (κ3) is 6.28. The van der Waals surface area contributed by atoms with Crippen molar-refractivity contribution in [1.29, 1.82) is 0 Å². The molecule has 204 valence electrons. The van der Waals surface area contributed by atoms with Crippen LogP contribution < -0.4 is 16.0 Å². The Morgan fingerprint density at radius 3 is 2.51 bits per heavy atom. The van der Waals surface area contributed by atoms with Crippen LogP contribution in [0.4, 0.5) is 16.6 Å². The molecule has 2 aliphatic heterocycles. The topological polar surface area (TPSA) is 117 Å². The number of carbonyl (C=O) groups is 2. The molecule has 0 aliphatic carbocycles. The molecule has 2 aromatic carbocycles. The van der Waals surface area contributed by atoms with Gasteiger partial charge in [-0.1, -0.05) is 42.5 Å². The Balaban J connectivity index is 1.31. The van der Waals surface area contributed by atoms with Gasteiger partial charge in [-0.05, 0) is 36.2 Å². The number of nitrogens with one attached hydrogen (secondary N) is 1. The normalized spacial score (nSPS) is 16.4. The number of nitrogens with zero attached hydrogens (tertiary/aromatic N) is 5. The minimum absolute atomic E-state index is 0.243. The quantitative estimate of drug-likeness (QED) is 0.468. The van der Waals surface area contributed by atoms with Gasteiger partial charge in [0, 0.05) is 57.3 Å². The van der Waals surface area contributed by atoms with Crippen LogP contribution in [0.5, 0.6) is 0 Å². The van der Waals surface area contributed by atoms with E-state index in [4.69, 9.17) is 10.5 Å². The summed E-state index contributed by atoms with van der Waals surface area (Å²) < 4.78 is 4.96. The predicted octanol–water partition coefficient (Wildman–Crippen LogP) is 2.33. The van der Waals surface area contributed by atoms with Crippen molar-refractivity contribution in [2.24, 2.45) is 0 Å². The number of nitrogens with two attached hydrogens (primary N) is 1. The smallest absolute Gasteiger partial charge is 0.328 e. The Morgan fingerprint density at radius 2 is 1.77 bits per heavy atom. The van der Waals surface area contributed by atoms with Crippen LogP contribution in [0.3, 0.4) is 0 Å². The number of aromatic nitrogens is 2. The van der Waals surface area contributed by atoms with E-state index in [0.29, 0.717) is 19.5 Å². The summed E-state index contributed by atoms with van der Waals surface area (Å²) in [5.74, 6) is 0.605. The molecule has 2 amide bonds. The van der Waals surface area contributed by atoms with Crippen molar-refractivity contribution in [3.8, 4) is 11.3 Å². The molecule has 2 aliphatic rings. The molecule has 1 atom stereocenters. The summed E-state index contributed by atoms with van der Waals surface area (Å²) in [6.45, 7) is 4.71. The van der Waals surface area contributed by atoms with Crippen LogP contribution in [0.2, 0.25) is 0 Å². The van der Waals surface area contributed by atoms with Crippen molar-refractivity contribution in [3.63, 3.8) is 0 Å². The maximum atomic E-state index is 13.2. The Hall–Kier alpha value is -4.18. The number of likely N-dealkylation sites (N-methyl/N-ethyl adjacent to an activating group) is 1. The van der Waals surface area contributed by atoms with Gasteiger partial charge in [0.05, 0.1) is 12.8 Å². The number of ether oxygens (including phenoxy) is 1. The van der Waals surface area contributed by atoms with Crippen LogP contribution in [0.1, 0.15) is 16.7 Å². The fraction of sp³-hybridized carbons (Fsp3) is 0.379. The second-order valence-corrected chi connectivity index (χ2v) is 10.1. The van der Waals surface area contributed by atoms with Gasteiger partial charge in [-0.3, -0.25) is 0 Å². The molecule has 0 spiro atoms. The Kier molecular flexibility index (Phi) is 7.92. The Bertz CT molecular complexity index is 1330. The summed E-state index contributed by atoms with van der Waals surface area (Å²) in [6, 6.07) is 16.7. The number of rotatable bonds is 6. The van der Waals surface area contributed by atoms with Gasteiger partial charge in [-0.25, -0.2) is 14.6 Å². The summed E-state index contributed by atoms with van der Waals surface area (Å²) in [5.41, 5.74) is 11.0. The minimum Gasteiger partial charge on any atom is -0.467 e. The number of hydrogen-bond donors (Lipinski definition) is 2. The number of amides is 2. The summed E-state index contributed by atoms with van der Waals surface area (Å²) in [5, 5.41) is 2.88. The van der Waals surface area contributed by atoms with Gasteiger partial charge < -0.3 is 30.5 Å². The number of hydrogen-bond acceptors (Lipinski definition) is 8. The van der Waals surface area contributed by atoms with Crippen LogP contribution in [0.25, 0.3) is 11.3 Å².